The summed E-state index contributed by atoms with van der Waals surface area (Å²) >= 11 is 0. The number of aldehydes is 1. The van der Waals surface area contributed by atoms with Crippen LogP contribution in [-0.4, -0.2) is 29.1 Å². The number of methoxy groups -OCH3 is 1. The monoisotopic (exact) mass is 260 g/mol. The van der Waals surface area contributed by atoms with E-state index in [1.807, 2.05) is 0 Å². The van der Waals surface area contributed by atoms with E-state index in [0.717, 1.165) is 0 Å². The fourth-order valence-electron chi connectivity index (χ4n) is 1.57. The fourth-order valence-corrected chi connectivity index (χ4v) is 1.57. The van der Waals surface area contributed by atoms with Gasteiger partial charge in [-0.25, -0.2) is 4.79 Å². The molecule has 6 nitrogen and oxygen atoms in total. The van der Waals surface area contributed by atoms with Crippen molar-refractivity contribution in [2.45, 2.75) is 0 Å². The standard InChI is InChI=1S/C13H12N2O4/c1-15-10(5-6-14-15)13(17)19-11-4-3-9(8-16)7-12(11)18-2/h3-8H,1-2H3. The van der Waals surface area contributed by atoms with Crippen molar-refractivity contribution in [1.29, 1.82) is 0 Å². The second-order valence-corrected chi connectivity index (χ2v) is 3.76. The van der Waals surface area contributed by atoms with Gasteiger partial charge in [-0.1, -0.05) is 0 Å². The fraction of sp³-hybridized carbons (Fsp3) is 0.154. The van der Waals surface area contributed by atoms with Crippen LogP contribution in [0.25, 0.3) is 0 Å². The van der Waals surface area contributed by atoms with Crippen molar-refractivity contribution in [3.63, 3.8) is 0 Å². The average Bonchev–Trinajstić information content (AvgIpc) is 2.85. The normalized spacial score (nSPS) is 10.0. The molecule has 0 saturated carbocycles. The van der Waals surface area contributed by atoms with Crippen LogP contribution in [0.3, 0.4) is 0 Å². The topological polar surface area (TPSA) is 70.4 Å². The molecule has 0 amide bonds. The lowest BCUT2D eigenvalue weighted by Gasteiger charge is -2.09. The van der Waals surface area contributed by atoms with E-state index in [-0.39, 0.29) is 5.75 Å². The molecule has 2 aromatic rings. The summed E-state index contributed by atoms with van der Waals surface area (Å²) in [5.41, 5.74) is 0.763. The first kappa shape index (κ1) is 12.8. The van der Waals surface area contributed by atoms with Gasteiger partial charge in [0.25, 0.3) is 0 Å². The van der Waals surface area contributed by atoms with Gasteiger partial charge in [-0.05, 0) is 24.3 Å². The molecule has 2 rings (SSSR count). The van der Waals surface area contributed by atoms with Crippen LogP contribution in [-0.2, 0) is 7.05 Å². The van der Waals surface area contributed by atoms with Gasteiger partial charge in [0, 0.05) is 18.8 Å². The number of carbonyl (C=O) groups excluding carboxylic acids is 2. The molecule has 0 saturated heterocycles. The molecule has 0 bridgehead atoms. The molecule has 0 fully saturated rings. The van der Waals surface area contributed by atoms with Gasteiger partial charge in [-0.2, -0.15) is 5.10 Å². The van der Waals surface area contributed by atoms with Gasteiger partial charge < -0.3 is 9.47 Å². The third-order valence-corrected chi connectivity index (χ3v) is 2.56. The van der Waals surface area contributed by atoms with Gasteiger partial charge >= 0.3 is 5.97 Å². The summed E-state index contributed by atoms with van der Waals surface area (Å²) in [6.07, 6.45) is 2.19. The van der Waals surface area contributed by atoms with Crippen molar-refractivity contribution in [2.75, 3.05) is 7.11 Å². The maximum Gasteiger partial charge on any atom is 0.362 e. The summed E-state index contributed by atoms with van der Waals surface area (Å²) in [4.78, 5) is 22.6. The Morgan fingerprint density at radius 3 is 2.68 bits per heavy atom. The summed E-state index contributed by atoms with van der Waals surface area (Å²) in [5.74, 6) is 0.0246. The number of benzene rings is 1. The highest BCUT2D eigenvalue weighted by atomic mass is 16.6. The summed E-state index contributed by atoms with van der Waals surface area (Å²) < 4.78 is 11.7. The number of ether oxygens (including phenoxy) is 2. The van der Waals surface area contributed by atoms with E-state index in [1.54, 1.807) is 19.2 Å². The van der Waals surface area contributed by atoms with Crippen LogP contribution in [0.1, 0.15) is 20.8 Å². The molecule has 0 atom stereocenters. The Balaban J connectivity index is 2.26. The molecule has 0 aliphatic heterocycles. The van der Waals surface area contributed by atoms with E-state index in [4.69, 9.17) is 9.47 Å². The van der Waals surface area contributed by atoms with Gasteiger partial charge in [-0.3, -0.25) is 9.48 Å². The minimum Gasteiger partial charge on any atom is -0.493 e. The Bertz CT molecular complexity index is 619. The lowest BCUT2D eigenvalue weighted by atomic mass is 10.2. The molecular weight excluding hydrogens is 248 g/mol. The SMILES string of the molecule is COc1cc(C=O)ccc1OC(=O)c1ccnn1C. The summed E-state index contributed by atoms with van der Waals surface area (Å²) in [7, 11) is 3.08. The molecule has 0 radical (unpaired) electrons. The number of hydrogen-bond acceptors (Lipinski definition) is 5. The number of nitrogens with zero attached hydrogens (tertiary/aromatic N) is 2. The van der Waals surface area contributed by atoms with E-state index >= 15 is 0 Å². The highest BCUT2D eigenvalue weighted by Crippen LogP contribution is 2.28. The number of aromatic nitrogens is 2. The molecule has 0 unspecified atom stereocenters. The van der Waals surface area contributed by atoms with Crippen LogP contribution in [0.15, 0.2) is 30.5 Å². The van der Waals surface area contributed by atoms with Crippen LogP contribution < -0.4 is 9.47 Å². The predicted octanol–water partition coefficient (Wildman–Crippen LogP) is 1.46. The number of rotatable bonds is 4. The van der Waals surface area contributed by atoms with Crippen LogP contribution in [0.4, 0.5) is 0 Å². The zero-order chi connectivity index (χ0) is 13.8. The number of aryl methyl sites for hydroxylation is 1. The van der Waals surface area contributed by atoms with E-state index < -0.39 is 5.97 Å². The first-order chi connectivity index (χ1) is 9.15. The van der Waals surface area contributed by atoms with Crippen LogP contribution in [0.2, 0.25) is 0 Å². The Morgan fingerprint density at radius 2 is 2.11 bits per heavy atom. The Morgan fingerprint density at radius 1 is 1.32 bits per heavy atom. The van der Waals surface area contributed by atoms with Crippen LogP contribution >= 0.6 is 0 Å². The minimum atomic E-state index is -0.544. The van der Waals surface area contributed by atoms with Gasteiger partial charge in [0.1, 0.15) is 12.0 Å². The minimum absolute atomic E-state index is 0.249. The molecule has 1 heterocycles. The average molecular weight is 260 g/mol. The Labute approximate surface area is 109 Å². The largest absolute Gasteiger partial charge is 0.493 e. The lowest BCUT2D eigenvalue weighted by Crippen LogP contribution is -2.14. The van der Waals surface area contributed by atoms with Crippen molar-refractivity contribution < 1.29 is 19.1 Å². The highest BCUT2D eigenvalue weighted by Gasteiger charge is 2.15. The van der Waals surface area contributed by atoms with E-state index in [2.05, 4.69) is 5.10 Å². The number of hydrogen-bond donors (Lipinski definition) is 0. The van der Waals surface area contributed by atoms with E-state index in [1.165, 1.54) is 30.1 Å². The second-order valence-electron chi connectivity index (χ2n) is 3.76. The lowest BCUT2D eigenvalue weighted by molar-refractivity contribution is 0.0718. The molecule has 1 aromatic heterocycles. The first-order valence-corrected chi connectivity index (χ1v) is 5.49. The quantitative estimate of drug-likeness (QED) is 0.473. The summed E-state index contributed by atoms with van der Waals surface area (Å²) in [6, 6.07) is 6.10. The zero-order valence-electron chi connectivity index (χ0n) is 10.5. The Hall–Kier alpha value is -2.63. The molecule has 6 heteroatoms. The van der Waals surface area contributed by atoms with Gasteiger partial charge in [0.15, 0.2) is 11.5 Å². The highest BCUT2D eigenvalue weighted by molar-refractivity contribution is 5.89. The molecule has 19 heavy (non-hydrogen) atoms. The number of carbonyl (C=O) groups is 2. The van der Waals surface area contributed by atoms with Crippen molar-refractivity contribution in [2.24, 2.45) is 7.05 Å². The smallest absolute Gasteiger partial charge is 0.362 e. The molecule has 0 aliphatic carbocycles. The van der Waals surface area contributed by atoms with Crippen molar-refractivity contribution in [3.05, 3.63) is 41.7 Å². The predicted molar refractivity (Wildman–Crippen MR) is 66.5 cm³/mol. The maximum absolute atomic E-state index is 11.9. The van der Waals surface area contributed by atoms with Crippen LogP contribution in [0.5, 0.6) is 11.5 Å². The molecule has 0 aliphatic rings. The summed E-state index contributed by atoms with van der Waals surface area (Å²) in [6.45, 7) is 0. The van der Waals surface area contributed by atoms with Crippen molar-refractivity contribution >= 4 is 12.3 Å². The zero-order valence-corrected chi connectivity index (χ0v) is 10.5. The van der Waals surface area contributed by atoms with Gasteiger partial charge in [0.2, 0.25) is 0 Å². The van der Waals surface area contributed by atoms with Crippen LogP contribution in [0, 0.1) is 0 Å². The molecular formula is C13H12N2O4. The van der Waals surface area contributed by atoms with Crippen molar-refractivity contribution in [3.8, 4) is 11.5 Å². The molecule has 1 aromatic carbocycles. The molecule has 0 N–H and O–H groups in total. The van der Waals surface area contributed by atoms with Gasteiger partial charge in [-0.15, -0.1) is 0 Å². The number of esters is 1. The third-order valence-electron chi connectivity index (χ3n) is 2.56. The Kier molecular flexibility index (Phi) is 3.61. The van der Waals surface area contributed by atoms with E-state index in [9.17, 15) is 9.59 Å². The first-order valence-electron chi connectivity index (χ1n) is 5.49. The molecule has 0 spiro atoms. The maximum atomic E-state index is 11.9. The van der Waals surface area contributed by atoms with Gasteiger partial charge in [0.05, 0.1) is 7.11 Å². The van der Waals surface area contributed by atoms with E-state index in [0.29, 0.717) is 23.3 Å². The van der Waals surface area contributed by atoms with Crippen molar-refractivity contribution in [1.82, 2.24) is 9.78 Å². The third kappa shape index (κ3) is 2.62. The summed E-state index contributed by atoms with van der Waals surface area (Å²) in [5, 5.41) is 3.89. The molecule has 98 valence electrons. The second kappa shape index (κ2) is 5.34.